The van der Waals surface area contributed by atoms with Crippen molar-refractivity contribution in [2.75, 3.05) is 12.1 Å². The van der Waals surface area contributed by atoms with E-state index >= 15 is 0 Å². The molecule has 7 nitrogen and oxygen atoms in total. The fraction of sp³-hybridized carbons (Fsp3) is 0.412. The average molecular weight is 330 g/mol. The SMILES string of the molecule is Cc1nn(C(C)C)c(C)c1NC(=O)NCc1ccc2c(c1)OCO2. The van der Waals surface area contributed by atoms with E-state index in [1.165, 1.54) is 0 Å². The van der Waals surface area contributed by atoms with Crippen molar-refractivity contribution < 1.29 is 14.3 Å². The van der Waals surface area contributed by atoms with E-state index in [2.05, 4.69) is 29.6 Å². The van der Waals surface area contributed by atoms with Gasteiger partial charge in [0.25, 0.3) is 0 Å². The molecule has 128 valence electrons. The number of nitrogens with one attached hydrogen (secondary N) is 2. The number of benzene rings is 1. The second-order valence-electron chi connectivity index (χ2n) is 6.08. The maximum atomic E-state index is 12.2. The van der Waals surface area contributed by atoms with Gasteiger partial charge in [0.15, 0.2) is 11.5 Å². The zero-order valence-electron chi connectivity index (χ0n) is 14.3. The number of ether oxygens (including phenoxy) is 2. The zero-order chi connectivity index (χ0) is 17.3. The first kappa shape index (κ1) is 16.2. The lowest BCUT2D eigenvalue weighted by molar-refractivity contribution is 0.174. The molecule has 7 heteroatoms. The molecule has 0 fully saturated rings. The van der Waals surface area contributed by atoms with Crippen LogP contribution < -0.4 is 20.1 Å². The Balaban J connectivity index is 1.62. The first-order valence-corrected chi connectivity index (χ1v) is 7.94. The van der Waals surface area contributed by atoms with Gasteiger partial charge in [0.05, 0.1) is 17.1 Å². The number of carbonyl (C=O) groups is 1. The standard InChI is InChI=1S/C17H22N4O3/c1-10(2)21-12(4)16(11(3)20-21)19-17(22)18-8-13-5-6-14-15(7-13)24-9-23-14/h5-7,10H,8-9H2,1-4H3,(H2,18,19,22). The van der Waals surface area contributed by atoms with E-state index in [-0.39, 0.29) is 18.9 Å². The Morgan fingerprint density at radius 3 is 2.75 bits per heavy atom. The third-order valence-electron chi connectivity index (χ3n) is 3.94. The van der Waals surface area contributed by atoms with Crippen LogP contribution in [0.3, 0.4) is 0 Å². The summed E-state index contributed by atoms with van der Waals surface area (Å²) >= 11 is 0. The molecular weight excluding hydrogens is 308 g/mol. The summed E-state index contributed by atoms with van der Waals surface area (Å²) in [6, 6.07) is 5.60. The number of aryl methyl sites for hydroxylation is 1. The van der Waals surface area contributed by atoms with Gasteiger partial charge in [0, 0.05) is 12.6 Å². The van der Waals surface area contributed by atoms with E-state index in [1.807, 2.05) is 36.7 Å². The molecule has 1 aliphatic rings. The lowest BCUT2D eigenvalue weighted by atomic mass is 10.2. The van der Waals surface area contributed by atoms with Crippen molar-refractivity contribution in [2.24, 2.45) is 0 Å². The second-order valence-corrected chi connectivity index (χ2v) is 6.08. The third-order valence-corrected chi connectivity index (χ3v) is 3.94. The van der Waals surface area contributed by atoms with Gasteiger partial charge >= 0.3 is 6.03 Å². The Morgan fingerprint density at radius 2 is 2.04 bits per heavy atom. The van der Waals surface area contributed by atoms with Gasteiger partial charge in [0.1, 0.15) is 0 Å². The Bertz CT molecular complexity index is 767. The summed E-state index contributed by atoms with van der Waals surface area (Å²) in [6.07, 6.45) is 0. The van der Waals surface area contributed by atoms with Crippen LogP contribution in [0, 0.1) is 13.8 Å². The molecule has 1 aromatic heterocycles. The summed E-state index contributed by atoms with van der Waals surface area (Å²) in [5.74, 6) is 1.44. The second kappa shape index (κ2) is 6.43. The van der Waals surface area contributed by atoms with E-state index in [0.717, 1.165) is 28.4 Å². The number of fused-ring (bicyclic) bond motifs is 1. The van der Waals surface area contributed by atoms with E-state index in [4.69, 9.17) is 9.47 Å². The fourth-order valence-electron chi connectivity index (χ4n) is 2.74. The summed E-state index contributed by atoms with van der Waals surface area (Å²) in [7, 11) is 0. The first-order chi connectivity index (χ1) is 11.5. The molecule has 0 saturated heterocycles. The van der Waals surface area contributed by atoms with Crippen LogP contribution in [-0.4, -0.2) is 22.6 Å². The number of anilines is 1. The highest BCUT2D eigenvalue weighted by Crippen LogP contribution is 2.32. The van der Waals surface area contributed by atoms with Gasteiger partial charge in [-0.2, -0.15) is 5.10 Å². The molecular formula is C17H22N4O3. The molecule has 0 unspecified atom stereocenters. The van der Waals surface area contributed by atoms with Crippen LogP contribution in [0.1, 0.15) is 36.8 Å². The molecule has 1 aliphatic heterocycles. The molecule has 2 amide bonds. The predicted molar refractivity (Wildman–Crippen MR) is 90.5 cm³/mol. The highest BCUT2D eigenvalue weighted by Gasteiger charge is 2.16. The van der Waals surface area contributed by atoms with Gasteiger partial charge in [-0.15, -0.1) is 0 Å². The molecule has 0 atom stereocenters. The van der Waals surface area contributed by atoms with Crippen molar-refractivity contribution in [3.63, 3.8) is 0 Å². The molecule has 2 aromatic rings. The molecule has 2 heterocycles. The van der Waals surface area contributed by atoms with Crippen LogP contribution in [0.4, 0.5) is 10.5 Å². The normalized spacial score (nSPS) is 12.5. The Kier molecular flexibility index (Phi) is 4.33. The van der Waals surface area contributed by atoms with Crippen LogP contribution in [0.5, 0.6) is 11.5 Å². The molecule has 0 radical (unpaired) electrons. The van der Waals surface area contributed by atoms with Gasteiger partial charge in [-0.3, -0.25) is 4.68 Å². The number of amides is 2. The largest absolute Gasteiger partial charge is 0.454 e. The van der Waals surface area contributed by atoms with Crippen LogP contribution in [0.25, 0.3) is 0 Å². The number of rotatable bonds is 4. The van der Waals surface area contributed by atoms with Gasteiger partial charge in [0.2, 0.25) is 6.79 Å². The van der Waals surface area contributed by atoms with Crippen molar-refractivity contribution in [1.82, 2.24) is 15.1 Å². The Labute approximate surface area is 140 Å². The number of aromatic nitrogens is 2. The van der Waals surface area contributed by atoms with Gasteiger partial charge < -0.3 is 20.1 Å². The summed E-state index contributed by atoms with van der Waals surface area (Å²) in [6.45, 7) is 8.60. The maximum Gasteiger partial charge on any atom is 0.319 e. The minimum absolute atomic E-state index is 0.241. The van der Waals surface area contributed by atoms with E-state index < -0.39 is 0 Å². The summed E-state index contributed by atoms with van der Waals surface area (Å²) in [5.41, 5.74) is 3.45. The van der Waals surface area contributed by atoms with Crippen molar-refractivity contribution in [1.29, 1.82) is 0 Å². The van der Waals surface area contributed by atoms with Crippen molar-refractivity contribution >= 4 is 11.7 Å². The number of urea groups is 1. The van der Waals surface area contributed by atoms with Crippen LogP contribution in [0.2, 0.25) is 0 Å². The van der Waals surface area contributed by atoms with Gasteiger partial charge in [-0.05, 0) is 45.4 Å². The smallest absolute Gasteiger partial charge is 0.319 e. The Hall–Kier alpha value is -2.70. The minimum atomic E-state index is -0.262. The monoisotopic (exact) mass is 330 g/mol. The lowest BCUT2D eigenvalue weighted by Crippen LogP contribution is -2.28. The summed E-state index contributed by atoms with van der Waals surface area (Å²) in [5, 5.41) is 10.2. The molecule has 24 heavy (non-hydrogen) atoms. The van der Waals surface area contributed by atoms with E-state index in [1.54, 1.807) is 0 Å². The summed E-state index contributed by atoms with van der Waals surface area (Å²) < 4.78 is 12.5. The van der Waals surface area contributed by atoms with Crippen molar-refractivity contribution in [3.05, 3.63) is 35.2 Å². The molecule has 2 N–H and O–H groups in total. The van der Waals surface area contributed by atoms with Gasteiger partial charge in [-0.1, -0.05) is 6.07 Å². The third kappa shape index (κ3) is 3.15. The predicted octanol–water partition coefficient (Wildman–Crippen LogP) is 3.13. The zero-order valence-corrected chi connectivity index (χ0v) is 14.3. The topological polar surface area (TPSA) is 77.4 Å². The highest BCUT2D eigenvalue weighted by molar-refractivity contribution is 5.90. The first-order valence-electron chi connectivity index (χ1n) is 7.94. The highest BCUT2D eigenvalue weighted by atomic mass is 16.7. The quantitative estimate of drug-likeness (QED) is 0.903. The van der Waals surface area contributed by atoms with Crippen LogP contribution in [0.15, 0.2) is 18.2 Å². The number of hydrogen-bond donors (Lipinski definition) is 2. The minimum Gasteiger partial charge on any atom is -0.454 e. The molecule has 0 aliphatic carbocycles. The fourth-order valence-corrected chi connectivity index (χ4v) is 2.74. The van der Waals surface area contributed by atoms with Crippen molar-refractivity contribution in [2.45, 2.75) is 40.3 Å². The molecule has 3 rings (SSSR count). The molecule has 0 bridgehead atoms. The lowest BCUT2D eigenvalue weighted by Gasteiger charge is -2.10. The van der Waals surface area contributed by atoms with E-state index in [9.17, 15) is 4.79 Å². The van der Waals surface area contributed by atoms with E-state index in [0.29, 0.717) is 12.3 Å². The molecule has 0 spiro atoms. The van der Waals surface area contributed by atoms with Gasteiger partial charge in [-0.25, -0.2) is 4.79 Å². The maximum absolute atomic E-state index is 12.2. The molecule has 0 saturated carbocycles. The average Bonchev–Trinajstić information content (AvgIpc) is 3.12. The Morgan fingerprint density at radius 1 is 1.29 bits per heavy atom. The number of carbonyl (C=O) groups excluding carboxylic acids is 1. The van der Waals surface area contributed by atoms with Crippen molar-refractivity contribution in [3.8, 4) is 11.5 Å². The molecule has 1 aromatic carbocycles. The van der Waals surface area contributed by atoms with Crippen LogP contribution in [-0.2, 0) is 6.54 Å². The number of hydrogen-bond acceptors (Lipinski definition) is 4. The summed E-state index contributed by atoms with van der Waals surface area (Å²) in [4.78, 5) is 12.2. The van der Waals surface area contributed by atoms with Crippen LogP contribution >= 0.6 is 0 Å². The number of nitrogens with zero attached hydrogens (tertiary/aromatic N) is 2.